The van der Waals surface area contributed by atoms with Crippen LogP contribution in [0.5, 0.6) is 5.75 Å². The zero-order valence-corrected chi connectivity index (χ0v) is 10.9. The molecular formula is C12H16BrNO2. The fourth-order valence-electron chi connectivity index (χ4n) is 1.78. The first-order valence-corrected chi connectivity index (χ1v) is 6.23. The van der Waals surface area contributed by atoms with E-state index in [1.807, 2.05) is 18.2 Å². The lowest BCUT2D eigenvalue weighted by Crippen LogP contribution is -2.16. The van der Waals surface area contributed by atoms with E-state index in [9.17, 15) is 0 Å². The molecule has 1 N–H and O–H groups in total. The third-order valence-corrected chi connectivity index (χ3v) is 3.34. The van der Waals surface area contributed by atoms with E-state index >= 15 is 0 Å². The van der Waals surface area contributed by atoms with Crippen molar-refractivity contribution in [3.8, 4) is 5.75 Å². The fraction of sp³-hybridized carbons (Fsp3) is 0.500. The summed E-state index contributed by atoms with van der Waals surface area (Å²) in [6, 6.07) is 6.03. The van der Waals surface area contributed by atoms with E-state index in [0.29, 0.717) is 12.7 Å². The zero-order chi connectivity index (χ0) is 11.4. The zero-order valence-electron chi connectivity index (χ0n) is 9.33. The Balaban J connectivity index is 1.91. The van der Waals surface area contributed by atoms with Gasteiger partial charge in [-0.05, 0) is 46.6 Å². The van der Waals surface area contributed by atoms with Gasteiger partial charge in [-0.2, -0.15) is 0 Å². The van der Waals surface area contributed by atoms with Crippen LogP contribution in [0, 0.1) is 0 Å². The smallest absolute Gasteiger partial charge is 0.133 e. The summed E-state index contributed by atoms with van der Waals surface area (Å²) in [6.07, 6.45) is 1.47. The first-order valence-electron chi connectivity index (χ1n) is 5.44. The minimum absolute atomic E-state index is 0.362. The summed E-state index contributed by atoms with van der Waals surface area (Å²) in [5.41, 5.74) is 1.17. The molecule has 2 rings (SSSR count). The standard InChI is InChI=1S/C12H16BrNO2/c1-15-12-3-2-9(6-11(12)13)8-16-10-4-5-14-7-10/h2-3,6,10,14H,4-5,7-8H2,1H3. The molecule has 88 valence electrons. The maximum absolute atomic E-state index is 5.79. The minimum Gasteiger partial charge on any atom is -0.496 e. The van der Waals surface area contributed by atoms with Gasteiger partial charge in [0.25, 0.3) is 0 Å². The van der Waals surface area contributed by atoms with Gasteiger partial charge in [-0.1, -0.05) is 6.07 Å². The predicted molar refractivity (Wildman–Crippen MR) is 66.8 cm³/mol. The van der Waals surface area contributed by atoms with Crippen molar-refractivity contribution < 1.29 is 9.47 Å². The maximum atomic E-state index is 5.79. The maximum Gasteiger partial charge on any atom is 0.133 e. The second-order valence-corrected chi connectivity index (χ2v) is 4.75. The summed E-state index contributed by atoms with van der Waals surface area (Å²) < 4.78 is 11.9. The van der Waals surface area contributed by atoms with Crippen LogP contribution in [0.4, 0.5) is 0 Å². The highest BCUT2D eigenvalue weighted by molar-refractivity contribution is 9.10. The molecule has 16 heavy (non-hydrogen) atoms. The third-order valence-electron chi connectivity index (χ3n) is 2.72. The van der Waals surface area contributed by atoms with Crippen molar-refractivity contribution in [2.75, 3.05) is 20.2 Å². The van der Waals surface area contributed by atoms with Crippen LogP contribution in [0.15, 0.2) is 22.7 Å². The molecule has 0 saturated carbocycles. The SMILES string of the molecule is COc1ccc(COC2CCNC2)cc1Br. The van der Waals surface area contributed by atoms with Crippen molar-refractivity contribution in [3.63, 3.8) is 0 Å². The van der Waals surface area contributed by atoms with E-state index in [0.717, 1.165) is 29.7 Å². The molecular weight excluding hydrogens is 270 g/mol. The van der Waals surface area contributed by atoms with Gasteiger partial charge < -0.3 is 14.8 Å². The highest BCUT2D eigenvalue weighted by Gasteiger charge is 2.14. The molecule has 1 aliphatic rings. The van der Waals surface area contributed by atoms with Crippen LogP contribution < -0.4 is 10.1 Å². The van der Waals surface area contributed by atoms with Gasteiger partial charge in [0.05, 0.1) is 24.3 Å². The number of benzene rings is 1. The molecule has 0 spiro atoms. The summed E-state index contributed by atoms with van der Waals surface area (Å²) in [7, 11) is 1.67. The number of methoxy groups -OCH3 is 1. The first kappa shape index (κ1) is 11.9. The molecule has 0 radical (unpaired) electrons. The molecule has 0 bridgehead atoms. The Morgan fingerprint density at radius 1 is 1.50 bits per heavy atom. The Morgan fingerprint density at radius 3 is 3.00 bits per heavy atom. The number of nitrogens with one attached hydrogen (secondary N) is 1. The van der Waals surface area contributed by atoms with Crippen LogP contribution in [0.25, 0.3) is 0 Å². The second kappa shape index (κ2) is 5.66. The number of hydrogen-bond donors (Lipinski definition) is 1. The minimum atomic E-state index is 0.362. The quantitative estimate of drug-likeness (QED) is 0.921. The summed E-state index contributed by atoms with van der Waals surface area (Å²) in [4.78, 5) is 0. The van der Waals surface area contributed by atoms with Crippen molar-refractivity contribution in [1.29, 1.82) is 0 Å². The molecule has 1 aliphatic heterocycles. The van der Waals surface area contributed by atoms with Crippen molar-refractivity contribution >= 4 is 15.9 Å². The van der Waals surface area contributed by atoms with Crippen LogP contribution in [0.2, 0.25) is 0 Å². The van der Waals surface area contributed by atoms with E-state index in [1.165, 1.54) is 5.56 Å². The van der Waals surface area contributed by atoms with Gasteiger partial charge in [0.2, 0.25) is 0 Å². The Kier molecular flexibility index (Phi) is 4.21. The second-order valence-electron chi connectivity index (χ2n) is 3.89. The van der Waals surface area contributed by atoms with Gasteiger partial charge in [0.15, 0.2) is 0 Å². The van der Waals surface area contributed by atoms with Gasteiger partial charge in [0, 0.05) is 6.54 Å². The van der Waals surface area contributed by atoms with Gasteiger partial charge in [0.1, 0.15) is 5.75 Å². The van der Waals surface area contributed by atoms with Crippen molar-refractivity contribution in [2.24, 2.45) is 0 Å². The van der Waals surface area contributed by atoms with E-state index in [2.05, 4.69) is 21.2 Å². The molecule has 1 saturated heterocycles. The molecule has 0 aromatic heterocycles. The van der Waals surface area contributed by atoms with Gasteiger partial charge in [-0.25, -0.2) is 0 Å². The molecule has 1 atom stereocenters. The number of rotatable bonds is 4. The van der Waals surface area contributed by atoms with Gasteiger partial charge in [-0.3, -0.25) is 0 Å². The summed E-state index contributed by atoms with van der Waals surface area (Å²) in [5, 5.41) is 3.28. The number of ether oxygens (including phenoxy) is 2. The topological polar surface area (TPSA) is 30.5 Å². The molecule has 4 heteroatoms. The molecule has 3 nitrogen and oxygen atoms in total. The molecule has 1 unspecified atom stereocenters. The highest BCUT2D eigenvalue weighted by atomic mass is 79.9. The molecule has 1 aromatic carbocycles. The van der Waals surface area contributed by atoms with E-state index < -0.39 is 0 Å². The van der Waals surface area contributed by atoms with Gasteiger partial charge >= 0.3 is 0 Å². The van der Waals surface area contributed by atoms with Crippen LogP contribution in [-0.2, 0) is 11.3 Å². The summed E-state index contributed by atoms with van der Waals surface area (Å²) in [5.74, 6) is 0.853. The molecule has 1 heterocycles. The van der Waals surface area contributed by atoms with E-state index in [-0.39, 0.29) is 0 Å². The van der Waals surface area contributed by atoms with Crippen molar-refractivity contribution in [2.45, 2.75) is 19.1 Å². The van der Waals surface area contributed by atoms with Gasteiger partial charge in [-0.15, -0.1) is 0 Å². The Hall–Kier alpha value is -0.580. The fourth-order valence-corrected chi connectivity index (χ4v) is 2.37. The third kappa shape index (κ3) is 2.97. The molecule has 0 aliphatic carbocycles. The normalized spacial score (nSPS) is 20.0. The lowest BCUT2D eigenvalue weighted by atomic mass is 10.2. The average Bonchev–Trinajstić information content (AvgIpc) is 2.79. The van der Waals surface area contributed by atoms with E-state index in [1.54, 1.807) is 7.11 Å². The molecule has 1 fully saturated rings. The van der Waals surface area contributed by atoms with E-state index in [4.69, 9.17) is 9.47 Å². The van der Waals surface area contributed by atoms with Crippen LogP contribution in [-0.4, -0.2) is 26.3 Å². The van der Waals surface area contributed by atoms with Crippen LogP contribution >= 0.6 is 15.9 Å². The number of hydrogen-bond acceptors (Lipinski definition) is 3. The lowest BCUT2D eigenvalue weighted by molar-refractivity contribution is 0.0542. The summed E-state index contributed by atoms with van der Waals surface area (Å²) >= 11 is 3.47. The monoisotopic (exact) mass is 285 g/mol. The van der Waals surface area contributed by atoms with Crippen LogP contribution in [0.3, 0.4) is 0 Å². The predicted octanol–water partition coefficient (Wildman–Crippen LogP) is 2.34. The Labute approximate surface area is 104 Å². The Morgan fingerprint density at radius 2 is 2.38 bits per heavy atom. The Bertz CT molecular complexity index is 351. The lowest BCUT2D eigenvalue weighted by Gasteiger charge is -2.11. The van der Waals surface area contributed by atoms with Crippen molar-refractivity contribution in [1.82, 2.24) is 5.32 Å². The van der Waals surface area contributed by atoms with Crippen LogP contribution in [0.1, 0.15) is 12.0 Å². The summed E-state index contributed by atoms with van der Waals surface area (Å²) in [6.45, 7) is 2.70. The average molecular weight is 286 g/mol. The molecule has 1 aromatic rings. The highest BCUT2D eigenvalue weighted by Crippen LogP contribution is 2.26. The van der Waals surface area contributed by atoms with Crippen molar-refractivity contribution in [3.05, 3.63) is 28.2 Å². The largest absolute Gasteiger partial charge is 0.496 e. The molecule has 0 amide bonds. The first-order chi connectivity index (χ1) is 7.79. The number of halogens is 1.